The maximum absolute atomic E-state index is 12.0. The largest absolute Gasteiger partial charge is 0.396 e. The van der Waals surface area contributed by atoms with Crippen molar-refractivity contribution in [2.45, 2.75) is 18.2 Å². The van der Waals surface area contributed by atoms with Gasteiger partial charge in [-0.2, -0.15) is 0 Å². The minimum atomic E-state index is -3.94. The first-order valence-corrected chi connectivity index (χ1v) is 6.73. The second-order valence-corrected chi connectivity index (χ2v) is 5.36. The molecule has 1 aromatic carbocycles. The van der Waals surface area contributed by atoms with Gasteiger partial charge in [-0.25, -0.2) is 13.1 Å². The number of aliphatic hydroxyl groups is 1. The summed E-state index contributed by atoms with van der Waals surface area (Å²) in [5, 5.41) is 19.4. The standard InChI is InChI=1S/C10H14N2O5S/c1-8-4-2-5-9(12(14)15)10(8)18(16,17)11-6-3-7-13/h2,4-5,11,13H,3,6-7H2,1H3. The van der Waals surface area contributed by atoms with Crippen molar-refractivity contribution < 1.29 is 18.4 Å². The predicted molar refractivity (Wildman–Crippen MR) is 64.7 cm³/mol. The van der Waals surface area contributed by atoms with E-state index in [1.165, 1.54) is 19.1 Å². The van der Waals surface area contributed by atoms with E-state index >= 15 is 0 Å². The lowest BCUT2D eigenvalue weighted by atomic mass is 10.2. The number of rotatable bonds is 6. The van der Waals surface area contributed by atoms with E-state index in [1.54, 1.807) is 0 Å². The molecule has 8 heteroatoms. The fourth-order valence-corrected chi connectivity index (χ4v) is 2.96. The van der Waals surface area contributed by atoms with Crippen molar-refractivity contribution in [1.82, 2.24) is 4.72 Å². The van der Waals surface area contributed by atoms with Crippen LogP contribution >= 0.6 is 0 Å². The number of benzene rings is 1. The molecule has 0 heterocycles. The summed E-state index contributed by atoms with van der Waals surface area (Å²) in [7, 11) is -3.94. The molecule has 1 aromatic rings. The van der Waals surface area contributed by atoms with E-state index in [0.717, 1.165) is 6.07 Å². The van der Waals surface area contributed by atoms with Crippen molar-refractivity contribution in [3.63, 3.8) is 0 Å². The van der Waals surface area contributed by atoms with Crippen LogP contribution in [0.4, 0.5) is 5.69 Å². The van der Waals surface area contributed by atoms with Crippen molar-refractivity contribution in [2.24, 2.45) is 0 Å². The minimum Gasteiger partial charge on any atom is -0.396 e. The molecule has 0 aromatic heterocycles. The van der Waals surface area contributed by atoms with E-state index in [9.17, 15) is 18.5 Å². The van der Waals surface area contributed by atoms with E-state index in [0.29, 0.717) is 5.56 Å². The summed E-state index contributed by atoms with van der Waals surface area (Å²) >= 11 is 0. The molecule has 18 heavy (non-hydrogen) atoms. The third-order valence-corrected chi connectivity index (χ3v) is 3.94. The van der Waals surface area contributed by atoms with Gasteiger partial charge in [0.15, 0.2) is 4.90 Å². The van der Waals surface area contributed by atoms with Crippen LogP contribution in [0.1, 0.15) is 12.0 Å². The van der Waals surface area contributed by atoms with Crippen LogP contribution in [0, 0.1) is 17.0 Å². The smallest absolute Gasteiger partial charge is 0.289 e. The second kappa shape index (κ2) is 5.89. The molecule has 0 radical (unpaired) electrons. The van der Waals surface area contributed by atoms with Crippen LogP contribution in [-0.2, 0) is 10.0 Å². The maximum Gasteiger partial charge on any atom is 0.289 e. The molecule has 100 valence electrons. The first-order valence-electron chi connectivity index (χ1n) is 5.24. The van der Waals surface area contributed by atoms with Crippen molar-refractivity contribution in [3.8, 4) is 0 Å². The van der Waals surface area contributed by atoms with Gasteiger partial charge in [0.05, 0.1) is 4.92 Å². The van der Waals surface area contributed by atoms with Crippen LogP contribution in [0.25, 0.3) is 0 Å². The van der Waals surface area contributed by atoms with E-state index in [1.807, 2.05) is 0 Å². The van der Waals surface area contributed by atoms with E-state index < -0.39 is 20.6 Å². The molecule has 1 rings (SSSR count). The normalized spacial score (nSPS) is 11.4. The summed E-state index contributed by atoms with van der Waals surface area (Å²) < 4.78 is 26.1. The quantitative estimate of drug-likeness (QED) is 0.447. The topological polar surface area (TPSA) is 110 Å². The van der Waals surface area contributed by atoms with E-state index in [2.05, 4.69) is 4.72 Å². The number of sulfonamides is 1. The Kier molecular flexibility index (Phi) is 4.76. The van der Waals surface area contributed by atoms with Crippen LogP contribution in [-0.4, -0.2) is 31.6 Å². The molecule has 7 nitrogen and oxygen atoms in total. The van der Waals surface area contributed by atoms with Gasteiger partial charge in [0, 0.05) is 19.2 Å². The summed E-state index contributed by atoms with van der Waals surface area (Å²) in [6.45, 7) is 1.37. The Hall–Kier alpha value is -1.51. The molecular formula is C10H14N2O5S. The molecule has 0 saturated heterocycles. The Labute approximate surface area is 105 Å². The molecule has 0 aliphatic heterocycles. The lowest BCUT2D eigenvalue weighted by molar-refractivity contribution is -0.387. The molecule has 0 atom stereocenters. The SMILES string of the molecule is Cc1cccc([N+](=O)[O-])c1S(=O)(=O)NCCCO. The molecule has 0 fully saturated rings. The number of aryl methyl sites for hydroxylation is 1. The average Bonchev–Trinajstić information content (AvgIpc) is 2.28. The minimum absolute atomic E-state index is 0.0321. The van der Waals surface area contributed by atoms with Crippen LogP contribution in [0.15, 0.2) is 23.1 Å². The molecular weight excluding hydrogens is 260 g/mol. The third-order valence-electron chi connectivity index (χ3n) is 2.28. The zero-order valence-electron chi connectivity index (χ0n) is 9.79. The van der Waals surface area contributed by atoms with Crippen LogP contribution < -0.4 is 4.72 Å². The predicted octanol–water partition coefficient (Wildman–Crippen LogP) is 0.564. The van der Waals surface area contributed by atoms with Crippen molar-refractivity contribution in [2.75, 3.05) is 13.2 Å². The highest BCUT2D eigenvalue weighted by Crippen LogP contribution is 2.26. The van der Waals surface area contributed by atoms with Gasteiger partial charge in [-0.05, 0) is 18.9 Å². The third kappa shape index (κ3) is 3.25. The first kappa shape index (κ1) is 14.6. The van der Waals surface area contributed by atoms with Crippen molar-refractivity contribution >= 4 is 15.7 Å². The average molecular weight is 274 g/mol. The van der Waals surface area contributed by atoms with Gasteiger partial charge in [0.25, 0.3) is 5.69 Å². The van der Waals surface area contributed by atoms with Gasteiger partial charge in [0.1, 0.15) is 0 Å². The monoisotopic (exact) mass is 274 g/mol. The van der Waals surface area contributed by atoms with Crippen molar-refractivity contribution in [3.05, 3.63) is 33.9 Å². The molecule has 0 aliphatic rings. The lowest BCUT2D eigenvalue weighted by Gasteiger charge is -2.09. The maximum atomic E-state index is 12.0. The van der Waals surface area contributed by atoms with Gasteiger partial charge in [-0.3, -0.25) is 10.1 Å². The summed E-state index contributed by atoms with van der Waals surface area (Å²) in [5.41, 5.74) is -0.146. The highest BCUT2D eigenvalue weighted by Gasteiger charge is 2.27. The zero-order chi connectivity index (χ0) is 13.8. The summed E-state index contributed by atoms with van der Waals surface area (Å²) in [4.78, 5) is 9.77. The molecule has 0 amide bonds. The molecule has 0 bridgehead atoms. The fraction of sp³-hybridized carbons (Fsp3) is 0.400. The Morgan fingerprint density at radius 3 is 2.67 bits per heavy atom. The van der Waals surface area contributed by atoms with E-state index in [4.69, 9.17) is 5.11 Å². The number of nitrogens with one attached hydrogen (secondary N) is 1. The van der Waals surface area contributed by atoms with Crippen molar-refractivity contribution in [1.29, 1.82) is 0 Å². The molecule has 0 saturated carbocycles. The summed E-state index contributed by atoms with van der Waals surface area (Å²) in [5.74, 6) is 0. The van der Waals surface area contributed by atoms with Crippen LogP contribution in [0.5, 0.6) is 0 Å². The van der Waals surface area contributed by atoms with Gasteiger partial charge >= 0.3 is 0 Å². The fourth-order valence-electron chi connectivity index (χ4n) is 1.49. The Morgan fingerprint density at radius 1 is 1.44 bits per heavy atom. The van der Waals surface area contributed by atoms with Gasteiger partial charge in [-0.15, -0.1) is 0 Å². The number of nitrogens with zero attached hydrogens (tertiary/aromatic N) is 1. The summed E-state index contributed by atoms with van der Waals surface area (Å²) in [6.07, 6.45) is 0.249. The number of nitro benzene ring substituents is 1. The number of hydrogen-bond acceptors (Lipinski definition) is 5. The van der Waals surface area contributed by atoms with Crippen LogP contribution in [0.3, 0.4) is 0 Å². The molecule has 0 unspecified atom stereocenters. The Balaban J connectivity index is 3.19. The van der Waals surface area contributed by atoms with Gasteiger partial charge in [0.2, 0.25) is 10.0 Å². The summed E-state index contributed by atoms with van der Waals surface area (Å²) in [6, 6.07) is 4.07. The Bertz CT molecular complexity index is 541. The van der Waals surface area contributed by atoms with Crippen LogP contribution in [0.2, 0.25) is 0 Å². The number of nitro groups is 1. The number of aliphatic hydroxyl groups excluding tert-OH is 1. The van der Waals surface area contributed by atoms with Gasteiger partial charge < -0.3 is 5.11 Å². The highest BCUT2D eigenvalue weighted by atomic mass is 32.2. The lowest BCUT2D eigenvalue weighted by Crippen LogP contribution is -2.26. The highest BCUT2D eigenvalue weighted by molar-refractivity contribution is 7.89. The molecule has 2 N–H and O–H groups in total. The second-order valence-electron chi connectivity index (χ2n) is 3.66. The number of hydrogen-bond donors (Lipinski definition) is 2. The zero-order valence-corrected chi connectivity index (χ0v) is 10.6. The molecule has 0 spiro atoms. The van der Waals surface area contributed by atoms with Gasteiger partial charge in [-0.1, -0.05) is 12.1 Å². The van der Waals surface area contributed by atoms with E-state index in [-0.39, 0.29) is 24.5 Å². The Morgan fingerprint density at radius 2 is 2.11 bits per heavy atom. The molecule has 0 aliphatic carbocycles. The first-order chi connectivity index (χ1) is 8.40.